The van der Waals surface area contributed by atoms with Crippen LogP contribution in [0, 0.1) is 11.6 Å². The molecule has 3 N–H and O–H groups in total. The smallest absolute Gasteiger partial charge is 0.248 e. The average Bonchev–Trinajstić information content (AvgIpc) is 2.73. The molecule has 0 spiro atoms. The van der Waals surface area contributed by atoms with E-state index in [0.717, 1.165) is 30.2 Å². The van der Waals surface area contributed by atoms with E-state index in [1.807, 2.05) is 24.0 Å². The molecule has 6 nitrogen and oxygen atoms in total. The fraction of sp³-hybridized carbons (Fsp3) is 0.333. The number of hydrogen-bond donors (Lipinski definition) is 2. The number of hydrogen-bond acceptors (Lipinski definition) is 3. The molecular formula is C21H26F2IN5O. The van der Waals surface area contributed by atoms with Crippen molar-refractivity contribution in [2.75, 3.05) is 37.6 Å². The van der Waals surface area contributed by atoms with Crippen molar-refractivity contribution in [3.63, 3.8) is 0 Å². The monoisotopic (exact) mass is 529 g/mol. The van der Waals surface area contributed by atoms with E-state index in [1.54, 1.807) is 12.1 Å². The lowest BCUT2D eigenvalue weighted by atomic mass is 10.1. The van der Waals surface area contributed by atoms with Gasteiger partial charge in [0, 0.05) is 44.4 Å². The highest BCUT2D eigenvalue weighted by Gasteiger charge is 2.22. The summed E-state index contributed by atoms with van der Waals surface area (Å²) < 4.78 is 27.5. The van der Waals surface area contributed by atoms with Crippen LogP contribution >= 0.6 is 24.0 Å². The summed E-state index contributed by atoms with van der Waals surface area (Å²) in [5, 5.41) is 3.28. The number of piperazine rings is 1. The third-order valence-corrected chi connectivity index (χ3v) is 4.81. The molecule has 0 aliphatic carbocycles. The van der Waals surface area contributed by atoms with Crippen molar-refractivity contribution in [3.8, 4) is 0 Å². The molecule has 1 saturated heterocycles. The van der Waals surface area contributed by atoms with Crippen molar-refractivity contribution in [1.29, 1.82) is 0 Å². The van der Waals surface area contributed by atoms with Crippen LogP contribution in [0.1, 0.15) is 22.8 Å². The van der Waals surface area contributed by atoms with E-state index in [2.05, 4.69) is 15.2 Å². The average molecular weight is 529 g/mol. The zero-order valence-corrected chi connectivity index (χ0v) is 19.1. The van der Waals surface area contributed by atoms with Crippen LogP contribution in [0.15, 0.2) is 47.5 Å². The molecule has 0 aromatic heterocycles. The number of halogens is 3. The van der Waals surface area contributed by atoms with Crippen molar-refractivity contribution in [1.82, 2.24) is 10.2 Å². The van der Waals surface area contributed by atoms with Gasteiger partial charge in [-0.15, -0.1) is 24.0 Å². The maximum Gasteiger partial charge on any atom is 0.248 e. The van der Waals surface area contributed by atoms with Gasteiger partial charge in [-0.05, 0) is 36.8 Å². The Morgan fingerprint density at radius 3 is 2.37 bits per heavy atom. The van der Waals surface area contributed by atoms with E-state index in [4.69, 9.17) is 5.73 Å². The highest BCUT2D eigenvalue weighted by atomic mass is 127. The molecule has 1 aliphatic rings. The van der Waals surface area contributed by atoms with Crippen molar-refractivity contribution in [2.24, 2.45) is 10.7 Å². The van der Waals surface area contributed by atoms with E-state index in [9.17, 15) is 13.6 Å². The number of rotatable bonds is 5. The van der Waals surface area contributed by atoms with E-state index in [-0.39, 0.29) is 24.0 Å². The first-order valence-electron chi connectivity index (χ1n) is 9.60. The van der Waals surface area contributed by atoms with Crippen molar-refractivity contribution in [3.05, 3.63) is 65.2 Å². The Balaban J connectivity index is 0.00000320. The number of nitrogens with two attached hydrogens (primary N) is 1. The predicted molar refractivity (Wildman–Crippen MR) is 125 cm³/mol. The van der Waals surface area contributed by atoms with E-state index in [0.29, 0.717) is 44.0 Å². The Bertz CT molecular complexity index is 883. The lowest BCUT2D eigenvalue weighted by Crippen LogP contribution is -2.52. The molecule has 30 heavy (non-hydrogen) atoms. The largest absolute Gasteiger partial charge is 0.366 e. The van der Waals surface area contributed by atoms with Gasteiger partial charge in [0.15, 0.2) is 5.96 Å². The number of benzene rings is 2. The summed E-state index contributed by atoms with van der Waals surface area (Å²) in [6.45, 7) is 5.59. The summed E-state index contributed by atoms with van der Waals surface area (Å²) >= 11 is 0. The summed E-state index contributed by atoms with van der Waals surface area (Å²) in [7, 11) is 0. The van der Waals surface area contributed by atoms with Gasteiger partial charge in [0.25, 0.3) is 0 Å². The van der Waals surface area contributed by atoms with Crippen LogP contribution < -0.4 is 16.0 Å². The van der Waals surface area contributed by atoms with Crippen LogP contribution in [-0.4, -0.2) is 49.5 Å². The molecule has 1 heterocycles. The summed E-state index contributed by atoms with van der Waals surface area (Å²) in [4.78, 5) is 19.8. The zero-order valence-electron chi connectivity index (χ0n) is 16.8. The van der Waals surface area contributed by atoms with Crippen LogP contribution in [0.3, 0.4) is 0 Å². The van der Waals surface area contributed by atoms with Crippen LogP contribution in [0.2, 0.25) is 0 Å². The second kappa shape index (κ2) is 11.1. The van der Waals surface area contributed by atoms with Crippen molar-refractivity contribution < 1.29 is 13.6 Å². The fourth-order valence-corrected chi connectivity index (χ4v) is 3.25. The number of primary amides is 1. The number of carbonyl (C=O) groups is 1. The van der Waals surface area contributed by atoms with Gasteiger partial charge in [0.1, 0.15) is 11.6 Å². The molecule has 0 atom stereocenters. The molecule has 2 aromatic carbocycles. The minimum Gasteiger partial charge on any atom is -0.366 e. The molecule has 0 bridgehead atoms. The highest BCUT2D eigenvalue weighted by Crippen LogP contribution is 2.22. The normalized spacial score (nSPS) is 14.3. The fourth-order valence-electron chi connectivity index (χ4n) is 3.25. The van der Waals surface area contributed by atoms with E-state index in [1.165, 1.54) is 6.07 Å². The van der Waals surface area contributed by atoms with Gasteiger partial charge < -0.3 is 20.9 Å². The predicted octanol–water partition coefficient (Wildman–Crippen LogP) is 2.97. The SMILES string of the molecule is CCNC(=NCc1ccc(C(N)=O)cc1)N1CCN(c2cc(F)ccc2F)CC1.I. The number of nitrogens with zero attached hydrogens (tertiary/aromatic N) is 3. The maximum absolute atomic E-state index is 14.0. The van der Waals surface area contributed by atoms with Crippen LogP contribution in [0.4, 0.5) is 14.5 Å². The summed E-state index contributed by atoms with van der Waals surface area (Å²) in [5.41, 5.74) is 6.98. The standard InChI is InChI=1S/C21H25F2N5O.HI/c1-2-25-21(26-14-15-3-5-16(6-4-15)20(24)29)28-11-9-27(10-12-28)19-13-17(22)7-8-18(19)23;/h3-8,13H,2,9-12,14H2,1H3,(H2,24,29)(H,25,26);1H. The molecular weight excluding hydrogens is 503 g/mol. The van der Waals surface area contributed by atoms with Gasteiger partial charge >= 0.3 is 0 Å². The lowest BCUT2D eigenvalue weighted by Gasteiger charge is -2.37. The Morgan fingerprint density at radius 2 is 1.77 bits per heavy atom. The molecule has 1 fully saturated rings. The summed E-state index contributed by atoms with van der Waals surface area (Å²) in [5.74, 6) is -0.548. The van der Waals surface area contributed by atoms with Crippen molar-refractivity contribution >= 4 is 41.5 Å². The van der Waals surface area contributed by atoms with Gasteiger partial charge in [-0.25, -0.2) is 13.8 Å². The molecule has 9 heteroatoms. The van der Waals surface area contributed by atoms with Gasteiger partial charge in [0.2, 0.25) is 5.91 Å². The van der Waals surface area contributed by atoms with E-state index < -0.39 is 17.5 Å². The topological polar surface area (TPSA) is 74.0 Å². The molecule has 1 amide bonds. The van der Waals surface area contributed by atoms with E-state index >= 15 is 0 Å². The molecule has 0 saturated carbocycles. The maximum atomic E-state index is 14.0. The second-order valence-corrected chi connectivity index (χ2v) is 6.80. The van der Waals surface area contributed by atoms with Gasteiger partial charge in [0.05, 0.1) is 12.2 Å². The Labute approximate surface area is 192 Å². The minimum atomic E-state index is -0.457. The molecule has 3 rings (SSSR count). The Morgan fingerprint density at radius 1 is 1.10 bits per heavy atom. The number of aliphatic imine (C=N–C) groups is 1. The number of amides is 1. The first-order chi connectivity index (χ1) is 14.0. The molecule has 162 valence electrons. The quantitative estimate of drug-likeness (QED) is 0.355. The Hall–Kier alpha value is -2.43. The van der Waals surface area contributed by atoms with Crippen LogP contribution in [0.5, 0.6) is 0 Å². The highest BCUT2D eigenvalue weighted by molar-refractivity contribution is 14.0. The number of carbonyl (C=O) groups excluding carboxylic acids is 1. The third kappa shape index (κ3) is 6.04. The third-order valence-electron chi connectivity index (χ3n) is 4.81. The van der Waals surface area contributed by atoms with Gasteiger partial charge in [-0.1, -0.05) is 12.1 Å². The molecule has 1 aliphatic heterocycles. The molecule has 0 unspecified atom stereocenters. The summed E-state index contributed by atoms with van der Waals surface area (Å²) in [6, 6.07) is 10.6. The van der Waals surface area contributed by atoms with Gasteiger partial charge in [-0.3, -0.25) is 4.79 Å². The summed E-state index contributed by atoms with van der Waals surface area (Å²) in [6.07, 6.45) is 0. The molecule has 0 radical (unpaired) electrons. The molecule has 2 aromatic rings. The zero-order chi connectivity index (χ0) is 20.8. The first-order valence-corrected chi connectivity index (χ1v) is 9.60. The minimum absolute atomic E-state index is 0. The number of guanidine groups is 1. The lowest BCUT2D eigenvalue weighted by molar-refractivity contribution is 0.100. The second-order valence-electron chi connectivity index (χ2n) is 6.80. The van der Waals surface area contributed by atoms with Crippen molar-refractivity contribution in [2.45, 2.75) is 13.5 Å². The number of nitrogens with one attached hydrogen (secondary N) is 1. The first kappa shape index (κ1) is 23.8. The van der Waals surface area contributed by atoms with Crippen LogP contribution in [-0.2, 0) is 6.54 Å². The van der Waals surface area contributed by atoms with Gasteiger partial charge in [-0.2, -0.15) is 0 Å². The Kier molecular flexibility index (Phi) is 8.82. The number of anilines is 1. The van der Waals surface area contributed by atoms with Crippen LogP contribution in [0.25, 0.3) is 0 Å².